The summed E-state index contributed by atoms with van der Waals surface area (Å²) in [6, 6.07) is 9.03. The molecule has 1 aromatic heterocycles. The molecule has 4 heterocycles. The molecule has 11 nitrogen and oxygen atoms in total. The molecule has 2 atom stereocenters. The molecule has 1 N–H and O–H groups in total. The average Bonchev–Trinajstić information content (AvgIpc) is 3.68. The van der Waals surface area contributed by atoms with E-state index in [9.17, 15) is 4.79 Å². The van der Waals surface area contributed by atoms with Crippen LogP contribution >= 0.6 is 0 Å². The van der Waals surface area contributed by atoms with E-state index in [4.69, 9.17) is 18.9 Å². The van der Waals surface area contributed by atoms with E-state index < -0.39 is 0 Å². The molecule has 2 aromatic carbocycles. The van der Waals surface area contributed by atoms with Gasteiger partial charge in [0, 0.05) is 30.8 Å². The lowest BCUT2D eigenvalue weighted by Crippen LogP contribution is -2.35. The van der Waals surface area contributed by atoms with E-state index in [-0.39, 0.29) is 24.8 Å². The molecule has 0 unspecified atom stereocenters. The molecule has 3 aliphatic rings. The number of carbonyl (C=O) groups excluding carboxylic acids is 1. The molecular formula is C25H28N6O5. The van der Waals surface area contributed by atoms with Crippen molar-refractivity contribution < 1.29 is 23.7 Å². The van der Waals surface area contributed by atoms with Gasteiger partial charge in [-0.15, -0.1) is 5.10 Å². The minimum atomic E-state index is -0.287. The molecular weight excluding hydrogens is 464 g/mol. The largest absolute Gasteiger partial charge is 0.492 e. The van der Waals surface area contributed by atoms with E-state index in [1.807, 2.05) is 25.2 Å². The molecule has 0 spiro atoms. The van der Waals surface area contributed by atoms with Crippen molar-refractivity contribution in [3.05, 3.63) is 52.8 Å². The van der Waals surface area contributed by atoms with Crippen molar-refractivity contribution in [3.8, 4) is 22.9 Å². The maximum atomic E-state index is 12.8. The van der Waals surface area contributed by atoms with Crippen LogP contribution in [0.15, 0.2) is 30.3 Å². The maximum absolute atomic E-state index is 12.8. The van der Waals surface area contributed by atoms with Crippen LogP contribution in [-0.2, 0) is 11.2 Å². The molecule has 1 fully saturated rings. The van der Waals surface area contributed by atoms with Crippen LogP contribution in [0.2, 0.25) is 0 Å². The summed E-state index contributed by atoms with van der Waals surface area (Å²) in [6.07, 6.45) is 2.91. The van der Waals surface area contributed by atoms with E-state index in [1.54, 1.807) is 23.9 Å². The van der Waals surface area contributed by atoms with Gasteiger partial charge in [0.1, 0.15) is 6.04 Å². The minimum absolute atomic E-state index is 0.0796. The van der Waals surface area contributed by atoms with Gasteiger partial charge >= 0.3 is 0 Å². The number of benzene rings is 2. The van der Waals surface area contributed by atoms with Gasteiger partial charge in [-0.25, -0.2) is 0 Å². The van der Waals surface area contributed by atoms with E-state index in [2.05, 4.69) is 25.7 Å². The summed E-state index contributed by atoms with van der Waals surface area (Å²) in [5.41, 5.74) is 3.29. The van der Waals surface area contributed by atoms with Gasteiger partial charge in [-0.2, -0.15) is 4.68 Å². The molecule has 11 heteroatoms. The van der Waals surface area contributed by atoms with Gasteiger partial charge in [-0.1, -0.05) is 6.07 Å². The van der Waals surface area contributed by atoms with E-state index in [0.717, 1.165) is 43.5 Å². The lowest BCUT2D eigenvalue weighted by atomic mass is 9.90. The van der Waals surface area contributed by atoms with Gasteiger partial charge < -0.3 is 24.3 Å². The lowest BCUT2D eigenvalue weighted by molar-refractivity contribution is 0.0857. The predicted molar refractivity (Wildman–Crippen MR) is 128 cm³/mol. The Morgan fingerprint density at radius 2 is 2.19 bits per heavy atom. The number of fused-ring (bicyclic) bond motifs is 2. The Labute approximate surface area is 208 Å². The number of tetrazole rings is 1. The van der Waals surface area contributed by atoms with E-state index in [0.29, 0.717) is 40.9 Å². The molecule has 0 radical (unpaired) electrons. The first-order valence-corrected chi connectivity index (χ1v) is 12.1. The first-order chi connectivity index (χ1) is 17.6. The second-order valence-corrected chi connectivity index (χ2v) is 9.19. The third-order valence-electron chi connectivity index (χ3n) is 7.00. The van der Waals surface area contributed by atoms with Crippen LogP contribution in [0.3, 0.4) is 0 Å². The monoisotopic (exact) mass is 492 g/mol. The van der Waals surface area contributed by atoms with Gasteiger partial charge in [0.25, 0.3) is 5.91 Å². The number of nitrogens with one attached hydrogen (secondary N) is 1. The number of likely N-dealkylation sites (N-methyl/N-ethyl adjacent to an activating group) is 1. The van der Waals surface area contributed by atoms with Crippen molar-refractivity contribution in [2.24, 2.45) is 0 Å². The number of rotatable bonds is 6. The molecule has 0 saturated carbocycles. The first kappa shape index (κ1) is 22.7. The number of amides is 1. The van der Waals surface area contributed by atoms with Crippen LogP contribution in [0.5, 0.6) is 17.2 Å². The summed E-state index contributed by atoms with van der Waals surface area (Å²) in [6.45, 7) is 2.22. The predicted octanol–water partition coefficient (Wildman–Crippen LogP) is 1.89. The van der Waals surface area contributed by atoms with Crippen LogP contribution in [0, 0.1) is 0 Å². The van der Waals surface area contributed by atoms with Crippen molar-refractivity contribution in [3.63, 3.8) is 0 Å². The number of nitrogens with zero attached hydrogens (tertiary/aromatic N) is 5. The van der Waals surface area contributed by atoms with Gasteiger partial charge in [-0.3, -0.25) is 9.69 Å². The zero-order valence-electron chi connectivity index (χ0n) is 20.3. The van der Waals surface area contributed by atoms with Gasteiger partial charge in [0.15, 0.2) is 17.3 Å². The fourth-order valence-corrected chi connectivity index (χ4v) is 5.20. The highest BCUT2D eigenvalue weighted by Gasteiger charge is 2.37. The molecule has 0 aliphatic carbocycles. The number of hydrogen-bond donors (Lipinski definition) is 1. The van der Waals surface area contributed by atoms with Crippen LogP contribution in [-0.4, -0.2) is 77.8 Å². The summed E-state index contributed by atoms with van der Waals surface area (Å²) in [5.74, 6) is 2.38. The highest BCUT2D eigenvalue weighted by atomic mass is 16.7. The fraction of sp³-hybridized carbons (Fsp3) is 0.440. The van der Waals surface area contributed by atoms with Crippen molar-refractivity contribution in [1.82, 2.24) is 30.4 Å². The van der Waals surface area contributed by atoms with Crippen molar-refractivity contribution >= 4 is 5.91 Å². The maximum Gasteiger partial charge on any atom is 0.251 e. The van der Waals surface area contributed by atoms with Crippen molar-refractivity contribution in [1.29, 1.82) is 0 Å². The SMILES string of the molecule is COc1c2c(cc3c1[C@H](c1nnnn1-c1cccc(C(=O)NC[C@H]4CCCO4)c1)N(C)CC3)OCO2. The molecule has 6 rings (SSSR count). The summed E-state index contributed by atoms with van der Waals surface area (Å²) < 4.78 is 24.5. The molecule has 188 valence electrons. The molecule has 3 aromatic rings. The third-order valence-corrected chi connectivity index (χ3v) is 7.00. The minimum Gasteiger partial charge on any atom is -0.492 e. The average molecular weight is 493 g/mol. The Kier molecular flexibility index (Phi) is 5.94. The fourth-order valence-electron chi connectivity index (χ4n) is 5.20. The highest BCUT2D eigenvalue weighted by Crippen LogP contribution is 2.50. The van der Waals surface area contributed by atoms with Crippen molar-refractivity contribution in [2.75, 3.05) is 40.6 Å². The van der Waals surface area contributed by atoms with E-state index in [1.165, 1.54) is 0 Å². The van der Waals surface area contributed by atoms with Gasteiger partial charge in [0.05, 0.1) is 18.9 Å². The first-order valence-electron chi connectivity index (χ1n) is 12.1. The molecule has 1 saturated heterocycles. The second-order valence-electron chi connectivity index (χ2n) is 9.19. The van der Waals surface area contributed by atoms with Crippen LogP contribution in [0.1, 0.15) is 46.2 Å². The summed E-state index contributed by atoms with van der Waals surface area (Å²) in [7, 11) is 3.66. The standard InChI is InChI=1S/C25H28N6O5/c1-30-9-8-15-12-19-22(36-14-35-19)23(33-2)20(15)21(30)24-27-28-29-31(24)17-6-3-5-16(11-17)25(32)26-13-18-7-4-10-34-18/h3,5-6,11-12,18,21H,4,7-10,13-14H2,1-2H3,(H,26,32)/t18-,21-/m1/s1. The Morgan fingerprint density at radius 1 is 1.28 bits per heavy atom. The number of hydrogen-bond acceptors (Lipinski definition) is 9. The number of carbonyl (C=O) groups is 1. The zero-order chi connectivity index (χ0) is 24.6. The zero-order valence-corrected chi connectivity index (χ0v) is 20.3. The summed E-state index contributed by atoms with van der Waals surface area (Å²) >= 11 is 0. The Bertz CT molecular complexity index is 1290. The van der Waals surface area contributed by atoms with Crippen LogP contribution in [0.4, 0.5) is 0 Å². The summed E-state index contributed by atoms with van der Waals surface area (Å²) in [5, 5.41) is 15.7. The Balaban J connectivity index is 1.34. The lowest BCUT2D eigenvalue weighted by Gasteiger charge is -2.34. The number of ether oxygens (including phenoxy) is 4. The Morgan fingerprint density at radius 3 is 3.03 bits per heavy atom. The Hall–Kier alpha value is -3.70. The topological polar surface area (TPSA) is 113 Å². The van der Waals surface area contributed by atoms with Crippen molar-refractivity contribution in [2.45, 2.75) is 31.4 Å². The molecule has 36 heavy (non-hydrogen) atoms. The van der Waals surface area contributed by atoms with Gasteiger partial charge in [-0.05, 0) is 66.6 Å². The van der Waals surface area contributed by atoms with E-state index >= 15 is 0 Å². The third kappa shape index (κ3) is 3.94. The van der Waals surface area contributed by atoms with Crippen LogP contribution in [0.25, 0.3) is 5.69 Å². The van der Waals surface area contributed by atoms with Crippen LogP contribution < -0.4 is 19.5 Å². The quantitative estimate of drug-likeness (QED) is 0.551. The van der Waals surface area contributed by atoms with Gasteiger partial charge in [0.2, 0.25) is 12.5 Å². The second kappa shape index (κ2) is 9.40. The number of aromatic nitrogens is 4. The highest BCUT2D eigenvalue weighted by molar-refractivity contribution is 5.94. The molecule has 1 amide bonds. The summed E-state index contributed by atoms with van der Waals surface area (Å²) in [4.78, 5) is 15.0. The molecule has 3 aliphatic heterocycles. The molecule has 0 bridgehead atoms. The normalized spacial score (nSPS) is 20.8. The number of methoxy groups -OCH3 is 1. The smallest absolute Gasteiger partial charge is 0.251 e.